The smallest absolute Gasteiger partial charge is 0.313 e. The third kappa shape index (κ3) is 6.12. The molecule has 0 aromatic heterocycles. The SMILES string of the molecule is [2H]C([2H])([2H])C([2H])(N(CC[C@H](c1ccccc1)c1cc(CO)ccc1OC(=O)C(C)C)N=O)C([2H])([2H])[2H]. The molecule has 2 aromatic rings. The molecule has 0 amide bonds. The lowest BCUT2D eigenvalue weighted by Gasteiger charge is -2.25. The first-order chi connectivity index (χ1) is 16.7. The molecule has 0 aliphatic heterocycles. The van der Waals surface area contributed by atoms with Crippen LogP contribution in [0.2, 0.25) is 0 Å². The molecule has 2 aromatic carbocycles. The van der Waals surface area contributed by atoms with E-state index in [9.17, 15) is 14.8 Å². The molecular weight excluding hydrogens is 368 g/mol. The van der Waals surface area contributed by atoms with Gasteiger partial charge in [0.05, 0.1) is 19.2 Å². The number of ether oxygens (including phenoxy) is 1. The van der Waals surface area contributed by atoms with Gasteiger partial charge in [0.25, 0.3) is 0 Å². The van der Waals surface area contributed by atoms with E-state index >= 15 is 0 Å². The Hall–Kier alpha value is -2.73. The molecule has 1 atom stereocenters. The largest absolute Gasteiger partial charge is 0.426 e. The number of hydrogen-bond acceptors (Lipinski definition) is 5. The van der Waals surface area contributed by atoms with Crippen molar-refractivity contribution in [1.29, 1.82) is 0 Å². The number of rotatable bonds is 10. The maximum atomic E-state index is 12.4. The highest BCUT2D eigenvalue weighted by Crippen LogP contribution is 2.36. The summed E-state index contributed by atoms with van der Waals surface area (Å²) in [5, 5.41) is 12.6. The van der Waals surface area contributed by atoms with Gasteiger partial charge in [0.15, 0.2) is 0 Å². The van der Waals surface area contributed by atoms with Crippen LogP contribution in [0.5, 0.6) is 5.75 Å². The summed E-state index contributed by atoms with van der Waals surface area (Å²) in [6, 6.07) is 10.3. The topological polar surface area (TPSA) is 79.2 Å². The van der Waals surface area contributed by atoms with Gasteiger partial charge in [0, 0.05) is 32.3 Å². The third-order valence-electron chi connectivity index (χ3n) is 4.50. The fourth-order valence-electron chi connectivity index (χ4n) is 2.92. The van der Waals surface area contributed by atoms with Gasteiger partial charge in [-0.25, -0.2) is 0 Å². The van der Waals surface area contributed by atoms with E-state index in [-0.39, 0.29) is 23.8 Å². The number of aliphatic hydroxyl groups excluding tert-OH is 1. The first-order valence-electron chi connectivity index (χ1n) is 12.8. The number of nitroso groups, excluding NO2 is 1. The van der Waals surface area contributed by atoms with Crippen LogP contribution in [0, 0.1) is 10.8 Å². The third-order valence-corrected chi connectivity index (χ3v) is 4.50. The summed E-state index contributed by atoms with van der Waals surface area (Å²) in [6.07, 6.45) is -0.0519. The maximum absolute atomic E-state index is 12.4. The number of hydrogen-bond donors (Lipinski definition) is 1. The summed E-state index contributed by atoms with van der Waals surface area (Å²) in [7, 11) is 0. The second kappa shape index (κ2) is 10.7. The second-order valence-corrected chi connectivity index (χ2v) is 6.91. The minimum Gasteiger partial charge on any atom is -0.426 e. The van der Waals surface area contributed by atoms with Crippen molar-refractivity contribution < 1.29 is 24.2 Å². The summed E-state index contributed by atoms with van der Waals surface area (Å²) >= 11 is 0. The van der Waals surface area contributed by atoms with Crippen LogP contribution >= 0.6 is 0 Å². The number of aliphatic hydroxyl groups is 1. The summed E-state index contributed by atoms with van der Waals surface area (Å²) < 4.78 is 59.8. The van der Waals surface area contributed by atoms with E-state index in [2.05, 4.69) is 5.29 Å². The van der Waals surface area contributed by atoms with E-state index in [0.29, 0.717) is 16.7 Å². The monoisotopic (exact) mass is 405 g/mol. The molecule has 0 saturated heterocycles. The first kappa shape index (κ1) is 14.3. The van der Waals surface area contributed by atoms with Gasteiger partial charge in [0.1, 0.15) is 5.75 Å². The zero-order chi connectivity index (χ0) is 27.3. The van der Waals surface area contributed by atoms with Crippen molar-refractivity contribution in [1.82, 2.24) is 5.01 Å². The van der Waals surface area contributed by atoms with Crippen molar-refractivity contribution in [2.24, 2.45) is 11.2 Å². The minimum atomic E-state index is -3.37. The highest BCUT2D eigenvalue weighted by Gasteiger charge is 2.23. The Bertz CT molecular complexity index is 1030. The summed E-state index contributed by atoms with van der Waals surface area (Å²) in [5.74, 6) is -1.35. The fourth-order valence-corrected chi connectivity index (χ4v) is 2.92. The average Bonchev–Trinajstić information content (AvgIpc) is 2.81. The number of carbonyl (C=O) groups is 1. The van der Waals surface area contributed by atoms with E-state index in [1.807, 2.05) is 0 Å². The zero-order valence-electron chi connectivity index (χ0n) is 23.5. The van der Waals surface area contributed by atoms with Crippen LogP contribution < -0.4 is 4.74 Å². The second-order valence-electron chi connectivity index (χ2n) is 6.91. The number of benzene rings is 2. The lowest BCUT2D eigenvalue weighted by molar-refractivity contribution is -0.137. The van der Waals surface area contributed by atoms with E-state index < -0.39 is 44.1 Å². The van der Waals surface area contributed by atoms with E-state index in [0.717, 1.165) is 0 Å². The number of carbonyl (C=O) groups excluding carboxylic acids is 1. The van der Waals surface area contributed by atoms with Crippen LogP contribution in [0.25, 0.3) is 0 Å². The molecule has 2 rings (SSSR count). The van der Waals surface area contributed by atoms with Gasteiger partial charge >= 0.3 is 5.97 Å². The molecular formula is C23H30N2O4. The van der Waals surface area contributed by atoms with Crippen molar-refractivity contribution >= 4 is 5.97 Å². The minimum absolute atomic E-state index is 0.0519. The molecule has 0 aliphatic rings. The van der Waals surface area contributed by atoms with Crippen LogP contribution in [0.15, 0.2) is 53.8 Å². The van der Waals surface area contributed by atoms with Crippen LogP contribution in [0.4, 0.5) is 0 Å². The van der Waals surface area contributed by atoms with Crippen molar-refractivity contribution in [2.45, 2.75) is 52.5 Å². The Morgan fingerprint density at radius 3 is 2.55 bits per heavy atom. The lowest BCUT2D eigenvalue weighted by atomic mass is 9.87. The molecule has 6 heteroatoms. The van der Waals surface area contributed by atoms with E-state index in [1.165, 1.54) is 6.07 Å². The Labute approximate surface area is 182 Å². The summed E-state index contributed by atoms with van der Waals surface area (Å²) in [4.78, 5) is 24.0. The van der Waals surface area contributed by atoms with Gasteiger partial charge in [-0.15, -0.1) is 4.91 Å². The first-order valence-corrected chi connectivity index (χ1v) is 9.28. The maximum Gasteiger partial charge on any atom is 0.313 e. The Balaban J connectivity index is 2.59. The molecule has 0 bridgehead atoms. The predicted molar refractivity (Wildman–Crippen MR) is 113 cm³/mol. The molecule has 0 saturated carbocycles. The molecule has 0 spiro atoms. The lowest BCUT2D eigenvalue weighted by Crippen LogP contribution is -2.27. The zero-order valence-corrected chi connectivity index (χ0v) is 16.5. The Morgan fingerprint density at radius 1 is 1.24 bits per heavy atom. The number of esters is 1. The summed E-state index contributed by atoms with van der Waals surface area (Å²) in [6.45, 7) is -4.20. The molecule has 0 aliphatic carbocycles. The Morgan fingerprint density at radius 2 is 1.97 bits per heavy atom. The highest BCUT2D eigenvalue weighted by atomic mass is 16.5. The molecule has 6 nitrogen and oxygen atoms in total. The van der Waals surface area contributed by atoms with Gasteiger partial charge < -0.3 is 9.84 Å². The number of nitrogens with zero attached hydrogens (tertiary/aromatic N) is 2. The van der Waals surface area contributed by atoms with Gasteiger partial charge in [-0.05, 0) is 43.4 Å². The molecule has 0 unspecified atom stereocenters. The molecule has 0 radical (unpaired) electrons. The van der Waals surface area contributed by atoms with Crippen LogP contribution in [0.3, 0.4) is 0 Å². The van der Waals surface area contributed by atoms with Gasteiger partial charge in [-0.3, -0.25) is 9.80 Å². The van der Waals surface area contributed by atoms with Crippen molar-refractivity contribution in [2.75, 3.05) is 6.54 Å². The van der Waals surface area contributed by atoms with Crippen molar-refractivity contribution in [3.8, 4) is 5.75 Å². The molecule has 29 heavy (non-hydrogen) atoms. The van der Waals surface area contributed by atoms with Crippen LogP contribution in [-0.2, 0) is 11.4 Å². The fraction of sp³-hybridized carbons (Fsp3) is 0.435. The van der Waals surface area contributed by atoms with Crippen LogP contribution in [0.1, 0.15) is 66.2 Å². The van der Waals surface area contributed by atoms with E-state index in [4.69, 9.17) is 14.3 Å². The van der Waals surface area contributed by atoms with E-state index in [1.54, 1.807) is 56.3 Å². The van der Waals surface area contributed by atoms with Gasteiger partial charge in [-0.1, -0.05) is 50.2 Å². The predicted octanol–water partition coefficient (Wildman–Crippen LogP) is 4.65. The Kier molecular flexibility index (Phi) is 5.28. The molecule has 156 valence electrons. The molecule has 0 fully saturated rings. The standard InChI is InChI=1S/C23H30N2O4/c1-16(2)23(27)29-22-11-10-18(15-26)14-21(22)20(19-8-6-5-7-9-19)12-13-25(24-28)17(3)4/h5-11,14,16-17,20,26H,12-13,15H2,1-4H3/t20-/m1/s1/i3D3,4D3,17D. The quantitative estimate of drug-likeness (QED) is 0.269. The molecule has 1 N–H and O–H groups in total. The summed E-state index contributed by atoms with van der Waals surface area (Å²) in [5.41, 5.74) is 1.67. The van der Waals surface area contributed by atoms with Crippen molar-refractivity contribution in [3.63, 3.8) is 0 Å². The highest BCUT2D eigenvalue weighted by molar-refractivity contribution is 5.75. The van der Waals surface area contributed by atoms with Crippen molar-refractivity contribution in [3.05, 3.63) is 70.1 Å². The normalized spacial score (nSPS) is 16.9. The van der Waals surface area contributed by atoms with Gasteiger partial charge in [-0.2, -0.15) is 0 Å². The van der Waals surface area contributed by atoms with Crippen LogP contribution in [-0.4, -0.2) is 28.6 Å². The average molecular weight is 406 g/mol. The molecule has 0 heterocycles. The van der Waals surface area contributed by atoms with Gasteiger partial charge in [0.2, 0.25) is 0 Å².